The summed E-state index contributed by atoms with van der Waals surface area (Å²) < 4.78 is 0. The number of rotatable bonds is 5. The zero-order valence-corrected chi connectivity index (χ0v) is 17.1. The van der Waals surface area contributed by atoms with Crippen LogP contribution < -0.4 is 5.32 Å². The maximum atomic E-state index is 12.7. The number of thioether (sulfide) groups is 1. The lowest BCUT2D eigenvalue weighted by Crippen LogP contribution is -2.53. The molecule has 0 spiro atoms. The van der Waals surface area contributed by atoms with E-state index in [0.29, 0.717) is 12.0 Å². The molecular weight excluding hydrogens is 356 g/mol. The molecule has 0 aromatic rings. The quantitative estimate of drug-likeness (QED) is 0.781. The molecule has 6 heteroatoms. The van der Waals surface area contributed by atoms with E-state index in [1.165, 1.54) is 63.2 Å². The normalized spacial score (nSPS) is 43.4. The molecule has 6 fully saturated rings. The fraction of sp³-hybridized carbons (Fsp3) is 0.905. The molecule has 2 aliphatic heterocycles. The predicted molar refractivity (Wildman–Crippen MR) is 107 cm³/mol. The van der Waals surface area contributed by atoms with Gasteiger partial charge in [-0.1, -0.05) is 0 Å². The monoisotopic (exact) mass is 388 g/mol. The van der Waals surface area contributed by atoms with Crippen LogP contribution in [-0.4, -0.2) is 71.5 Å². The molecule has 1 N–H and O–H groups in total. The average molecular weight is 389 g/mol. The summed E-state index contributed by atoms with van der Waals surface area (Å²) in [5.74, 6) is 4.33. The van der Waals surface area contributed by atoms with Crippen molar-refractivity contribution in [1.29, 1.82) is 5.26 Å². The zero-order valence-electron chi connectivity index (χ0n) is 16.3. The molecule has 2 heterocycles. The SMILES string of the molecule is N#C[C@@H]1CCCN1C(=O)CNC12CC3CC1CC(CN1CCSCC1)(C3)C2. The van der Waals surface area contributed by atoms with Crippen molar-refractivity contribution in [3.8, 4) is 6.07 Å². The molecule has 148 valence electrons. The third kappa shape index (κ3) is 3.20. The molecule has 4 saturated carbocycles. The summed E-state index contributed by atoms with van der Waals surface area (Å²) in [4.78, 5) is 17.3. The third-order valence-electron chi connectivity index (χ3n) is 8.12. The second-order valence-corrected chi connectivity index (χ2v) is 11.1. The van der Waals surface area contributed by atoms with E-state index >= 15 is 0 Å². The summed E-state index contributed by atoms with van der Waals surface area (Å²) in [5, 5.41) is 13.1. The topological polar surface area (TPSA) is 59.4 Å². The molecule has 6 aliphatic rings. The highest BCUT2D eigenvalue weighted by molar-refractivity contribution is 7.99. The van der Waals surface area contributed by atoms with Gasteiger partial charge in [-0.05, 0) is 62.2 Å². The van der Waals surface area contributed by atoms with E-state index in [9.17, 15) is 10.1 Å². The minimum atomic E-state index is -0.198. The molecule has 0 aromatic carbocycles. The Balaban J connectivity index is 1.24. The van der Waals surface area contributed by atoms with Crippen LogP contribution in [0.1, 0.15) is 44.9 Å². The van der Waals surface area contributed by atoms with Crippen LogP contribution >= 0.6 is 11.8 Å². The Hall–Kier alpha value is -0.770. The van der Waals surface area contributed by atoms with E-state index in [-0.39, 0.29) is 17.5 Å². The van der Waals surface area contributed by atoms with Crippen LogP contribution in [-0.2, 0) is 4.79 Å². The highest BCUT2D eigenvalue weighted by Crippen LogP contribution is 2.66. The fourth-order valence-electron chi connectivity index (χ4n) is 7.33. The van der Waals surface area contributed by atoms with Gasteiger partial charge in [0.15, 0.2) is 0 Å². The number of nitrogens with zero attached hydrogens (tertiary/aromatic N) is 3. The van der Waals surface area contributed by atoms with Crippen LogP contribution in [0.3, 0.4) is 0 Å². The predicted octanol–water partition coefficient (Wildman–Crippen LogP) is 2.09. The number of carbonyl (C=O) groups is 1. The lowest BCUT2D eigenvalue weighted by molar-refractivity contribution is -0.130. The van der Waals surface area contributed by atoms with E-state index in [1.54, 1.807) is 0 Å². The van der Waals surface area contributed by atoms with Crippen LogP contribution in [0.5, 0.6) is 0 Å². The Kier molecular flexibility index (Phi) is 4.69. The largest absolute Gasteiger partial charge is 0.326 e. The minimum Gasteiger partial charge on any atom is -0.326 e. The molecular formula is C21H32N4OS. The van der Waals surface area contributed by atoms with E-state index in [4.69, 9.17) is 0 Å². The van der Waals surface area contributed by atoms with Crippen LogP contribution in [0.15, 0.2) is 0 Å². The number of likely N-dealkylation sites (tertiary alicyclic amines) is 1. The van der Waals surface area contributed by atoms with E-state index in [0.717, 1.165) is 31.2 Å². The van der Waals surface area contributed by atoms with Gasteiger partial charge in [0.2, 0.25) is 5.91 Å². The molecule has 0 radical (unpaired) electrons. The Bertz CT molecular complexity index is 645. The van der Waals surface area contributed by atoms with Crippen molar-refractivity contribution in [2.24, 2.45) is 17.3 Å². The van der Waals surface area contributed by atoms with Gasteiger partial charge < -0.3 is 15.1 Å². The van der Waals surface area contributed by atoms with Gasteiger partial charge in [0, 0.05) is 43.2 Å². The Morgan fingerprint density at radius 1 is 1.22 bits per heavy atom. The van der Waals surface area contributed by atoms with Gasteiger partial charge in [-0.25, -0.2) is 0 Å². The van der Waals surface area contributed by atoms with Gasteiger partial charge in [0.05, 0.1) is 12.6 Å². The average Bonchev–Trinajstić information content (AvgIpc) is 3.29. The van der Waals surface area contributed by atoms with E-state index < -0.39 is 0 Å². The van der Waals surface area contributed by atoms with Crippen LogP contribution in [0.25, 0.3) is 0 Å². The summed E-state index contributed by atoms with van der Waals surface area (Å²) in [6.45, 7) is 4.98. The van der Waals surface area contributed by atoms with Gasteiger partial charge in [-0.2, -0.15) is 17.0 Å². The molecule has 4 bridgehead atoms. The lowest BCUT2D eigenvalue weighted by atomic mass is 9.68. The minimum absolute atomic E-state index is 0.141. The first-order valence-corrected chi connectivity index (χ1v) is 12.0. The van der Waals surface area contributed by atoms with Gasteiger partial charge in [-0.3, -0.25) is 4.79 Å². The smallest absolute Gasteiger partial charge is 0.237 e. The van der Waals surface area contributed by atoms with Crippen molar-refractivity contribution >= 4 is 17.7 Å². The fourth-order valence-corrected chi connectivity index (χ4v) is 8.30. The second kappa shape index (κ2) is 6.93. The summed E-state index contributed by atoms with van der Waals surface area (Å²) in [6, 6.07) is 2.11. The molecule has 1 amide bonds. The van der Waals surface area contributed by atoms with Crippen LogP contribution in [0, 0.1) is 28.6 Å². The standard InChI is InChI=1S/C21H32N4OS/c22-12-18-2-1-3-25(18)19(26)13-23-21-10-16-8-17(21)11-20(9-16,14-21)15-24-4-6-27-7-5-24/h16-18,23H,1-11,13-15H2/t16?,17?,18-,20?,21?/m0/s1. The molecule has 5 atom stereocenters. The van der Waals surface area contributed by atoms with Gasteiger partial charge in [-0.15, -0.1) is 0 Å². The molecule has 4 unspecified atom stereocenters. The first-order chi connectivity index (χ1) is 13.1. The third-order valence-corrected chi connectivity index (χ3v) is 9.06. The number of carbonyl (C=O) groups excluding carboxylic acids is 1. The number of amides is 1. The Morgan fingerprint density at radius 2 is 2.07 bits per heavy atom. The number of nitriles is 1. The molecule has 4 aliphatic carbocycles. The second-order valence-electron chi connectivity index (χ2n) is 9.86. The van der Waals surface area contributed by atoms with E-state index in [2.05, 4.69) is 28.0 Å². The molecule has 6 rings (SSSR count). The lowest BCUT2D eigenvalue weighted by Gasteiger charge is -2.44. The Labute approximate surface area is 167 Å². The molecule has 5 nitrogen and oxygen atoms in total. The highest BCUT2D eigenvalue weighted by Gasteiger charge is 2.63. The van der Waals surface area contributed by atoms with Gasteiger partial charge >= 0.3 is 0 Å². The number of hydrogen-bond donors (Lipinski definition) is 1. The van der Waals surface area contributed by atoms with Crippen molar-refractivity contribution in [3.63, 3.8) is 0 Å². The first kappa shape index (κ1) is 18.3. The Morgan fingerprint density at radius 3 is 2.89 bits per heavy atom. The summed E-state index contributed by atoms with van der Waals surface area (Å²) in [6.07, 6.45) is 8.48. The molecule has 0 aromatic heterocycles. The summed E-state index contributed by atoms with van der Waals surface area (Å²) in [7, 11) is 0. The van der Waals surface area contributed by atoms with Crippen molar-refractivity contribution in [3.05, 3.63) is 0 Å². The first-order valence-electron chi connectivity index (χ1n) is 10.9. The van der Waals surface area contributed by atoms with Gasteiger partial charge in [0.25, 0.3) is 0 Å². The van der Waals surface area contributed by atoms with Crippen LogP contribution in [0.4, 0.5) is 0 Å². The maximum Gasteiger partial charge on any atom is 0.237 e. The van der Waals surface area contributed by atoms with Crippen molar-refractivity contribution < 1.29 is 4.79 Å². The van der Waals surface area contributed by atoms with Crippen LogP contribution in [0.2, 0.25) is 0 Å². The number of nitrogens with one attached hydrogen (secondary N) is 1. The molecule has 27 heavy (non-hydrogen) atoms. The number of hydrogen-bond acceptors (Lipinski definition) is 5. The maximum absolute atomic E-state index is 12.7. The summed E-state index contributed by atoms with van der Waals surface area (Å²) in [5.41, 5.74) is 0.692. The van der Waals surface area contributed by atoms with E-state index in [1.807, 2.05) is 4.90 Å². The van der Waals surface area contributed by atoms with Crippen molar-refractivity contribution in [1.82, 2.24) is 15.1 Å². The zero-order chi connectivity index (χ0) is 18.5. The van der Waals surface area contributed by atoms with Gasteiger partial charge in [0.1, 0.15) is 6.04 Å². The summed E-state index contributed by atoms with van der Waals surface area (Å²) >= 11 is 2.09. The molecule has 2 saturated heterocycles. The van der Waals surface area contributed by atoms with Crippen molar-refractivity contribution in [2.75, 3.05) is 44.2 Å². The van der Waals surface area contributed by atoms with Crippen molar-refractivity contribution in [2.45, 2.75) is 56.5 Å². The highest BCUT2D eigenvalue weighted by atomic mass is 32.2.